The Morgan fingerprint density at radius 3 is 2.68 bits per heavy atom. The van der Waals surface area contributed by atoms with Gasteiger partial charge in [0, 0.05) is 12.4 Å². The zero-order valence-electron chi connectivity index (χ0n) is 14.1. The van der Waals surface area contributed by atoms with E-state index in [1.807, 2.05) is 18.2 Å². The van der Waals surface area contributed by atoms with Crippen LogP contribution in [0.5, 0.6) is 0 Å². The summed E-state index contributed by atoms with van der Waals surface area (Å²) in [7, 11) is 0. The summed E-state index contributed by atoms with van der Waals surface area (Å²) in [5.41, 5.74) is 5.43. The van der Waals surface area contributed by atoms with Crippen molar-refractivity contribution >= 4 is 28.0 Å². The molecule has 3 aromatic heterocycles. The van der Waals surface area contributed by atoms with Gasteiger partial charge in [0.05, 0.1) is 16.7 Å². The first-order chi connectivity index (χ1) is 12.4. The van der Waals surface area contributed by atoms with Gasteiger partial charge < -0.3 is 4.90 Å². The van der Waals surface area contributed by atoms with Crippen LogP contribution in [0.25, 0.3) is 28.0 Å². The summed E-state index contributed by atoms with van der Waals surface area (Å²) >= 11 is 0. The van der Waals surface area contributed by atoms with Crippen LogP contribution >= 0.6 is 0 Å². The Balaban J connectivity index is 1.61. The van der Waals surface area contributed by atoms with Gasteiger partial charge in [0.25, 0.3) is 0 Å². The lowest BCUT2D eigenvalue weighted by Crippen LogP contribution is -2.21. The Hall–Kier alpha value is -2.60. The lowest BCUT2D eigenvalue weighted by Gasteiger charge is -2.14. The number of likely N-dealkylation sites (tertiary alicyclic amines) is 1. The van der Waals surface area contributed by atoms with E-state index in [-0.39, 0.29) is 0 Å². The van der Waals surface area contributed by atoms with E-state index in [0.29, 0.717) is 5.65 Å². The number of imidazole rings is 1. The smallest absolute Gasteiger partial charge is 0.196 e. The van der Waals surface area contributed by atoms with E-state index in [9.17, 15) is 0 Å². The first-order valence-electron chi connectivity index (χ1n) is 8.99. The molecule has 0 unspecified atom stereocenters. The fraction of sp³-hybridized carbons (Fsp3) is 0.368. The van der Waals surface area contributed by atoms with Crippen LogP contribution in [0.3, 0.4) is 0 Å². The Labute approximate surface area is 145 Å². The van der Waals surface area contributed by atoms with Gasteiger partial charge in [0.15, 0.2) is 16.9 Å². The van der Waals surface area contributed by atoms with Crippen LogP contribution in [-0.4, -0.2) is 48.9 Å². The molecular formula is C19H20N6. The topological polar surface area (TPSA) is 59.2 Å². The van der Waals surface area contributed by atoms with Gasteiger partial charge in [-0.2, -0.15) is 0 Å². The molecule has 1 fully saturated rings. The quantitative estimate of drug-likeness (QED) is 0.575. The molecule has 0 spiro atoms. The summed E-state index contributed by atoms with van der Waals surface area (Å²) in [6.07, 6.45) is 8.09. The van der Waals surface area contributed by atoms with Crippen LogP contribution in [0.1, 0.15) is 25.0 Å². The maximum Gasteiger partial charge on any atom is 0.196 e. The van der Waals surface area contributed by atoms with Crippen molar-refractivity contribution in [1.82, 2.24) is 29.2 Å². The number of aromatic nitrogens is 5. The van der Waals surface area contributed by atoms with Gasteiger partial charge in [-0.25, -0.2) is 19.9 Å². The lowest BCUT2D eigenvalue weighted by molar-refractivity contribution is 0.333. The Bertz CT molecular complexity index is 1050. The normalized spacial score (nSPS) is 15.7. The van der Waals surface area contributed by atoms with Crippen molar-refractivity contribution in [1.29, 1.82) is 0 Å². The van der Waals surface area contributed by atoms with Crippen molar-refractivity contribution in [3.63, 3.8) is 0 Å². The minimum Gasteiger partial charge on any atom is -0.303 e. The van der Waals surface area contributed by atoms with E-state index in [1.54, 1.807) is 12.4 Å². The maximum atomic E-state index is 4.83. The minimum atomic E-state index is 0.689. The minimum absolute atomic E-state index is 0.689. The molecule has 0 bridgehead atoms. The van der Waals surface area contributed by atoms with Crippen molar-refractivity contribution in [2.45, 2.75) is 25.7 Å². The van der Waals surface area contributed by atoms with Crippen LogP contribution < -0.4 is 0 Å². The number of fused-ring (bicyclic) bond motifs is 5. The van der Waals surface area contributed by atoms with Gasteiger partial charge >= 0.3 is 0 Å². The third kappa shape index (κ3) is 2.53. The summed E-state index contributed by atoms with van der Waals surface area (Å²) in [5, 5.41) is 0. The molecule has 0 atom stereocenters. The molecule has 0 saturated carbocycles. The molecule has 4 aromatic rings. The first kappa shape index (κ1) is 14.7. The van der Waals surface area contributed by atoms with E-state index >= 15 is 0 Å². The standard InChI is InChI=1S/C19H20N6/c1-2-8-16-14(6-1)23-18-15(7-5-13-24-11-3-4-12-24)22-17-19(25(16)18)21-10-9-20-17/h1-2,6,8-10H,3-5,7,11-13H2. The molecule has 0 radical (unpaired) electrons. The second-order valence-corrected chi connectivity index (χ2v) is 6.67. The molecule has 6 nitrogen and oxygen atoms in total. The van der Waals surface area contributed by atoms with Crippen molar-refractivity contribution in [3.8, 4) is 0 Å². The number of para-hydroxylation sites is 2. The van der Waals surface area contributed by atoms with Crippen molar-refractivity contribution in [2.75, 3.05) is 19.6 Å². The SMILES string of the molecule is c1ccc2c(c1)nc1c(CCCN3CCCC3)nc3nccnc3n12. The number of aryl methyl sites for hydroxylation is 1. The molecule has 6 heteroatoms. The predicted molar refractivity (Wildman–Crippen MR) is 97.6 cm³/mol. The average Bonchev–Trinajstić information content (AvgIpc) is 3.29. The predicted octanol–water partition coefficient (Wildman–Crippen LogP) is 2.85. The molecular weight excluding hydrogens is 312 g/mol. The van der Waals surface area contributed by atoms with E-state index in [1.165, 1.54) is 25.9 Å². The fourth-order valence-corrected chi connectivity index (χ4v) is 3.82. The highest BCUT2D eigenvalue weighted by Gasteiger charge is 2.16. The monoisotopic (exact) mass is 332 g/mol. The molecule has 0 amide bonds. The summed E-state index contributed by atoms with van der Waals surface area (Å²) < 4.78 is 2.11. The van der Waals surface area contributed by atoms with Crippen LogP contribution in [0.2, 0.25) is 0 Å². The number of benzene rings is 1. The van der Waals surface area contributed by atoms with Gasteiger partial charge in [0.2, 0.25) is 0 Å². The highest BCUT2D eigenvalue weighted by molar-refractivity contribution is 5.86. The second-order valence-electron chi connectivity index (χ2n) is 6.67. The van der Waals surface area contributed by atoms with Crippen LogP contribution in [0, 0.1) is 0 Å². The molecule has 1 aliphatic heterocycles. The molecule has 0 N–H and O–H groups in total. The van der Waals surface area contributed by atoms with E-state index < -0.39 is 0 Å². The average molecular weight is 332 g/mol. The van der Waals surface area contributed by atoms with Crippen molar-refractivity contribution < 1.29 is 0 Å². The highest BCUT2D eigenvalue weighted by atomic mass is 15.1. The van der Waals surface area contributed by atoms with Crippen molar-refractivity contribution in [2.24, 2.45) is 0 Å². The lowest BCUT2D eigenvalue weighted by atomic mass is 10.2. The van der Waals surface area contributed by atoms with Crippen LogP contribution in [0.15, 0.2) is 36.7 Å². The van der Waals surface area contributed by atoms with E-state index in [0.717, 1.165) is 47.4 Å². The van der Waals surface area contributed by atoms with Gasteiger partial charge in [-0.05, 0) is 57.5 Å². The zero-order chi connectivity index (χ0) is 16.6. The molecule has 126 valence electrons. The fourth-order valence-electron chi connectivity index (χ4n) is 3.82. The van der Waals surface area contributed by atoms with E-state index in [4.69, 9.17) is 9.97 Å². The van der Waals surface area contributed by atoms with Crippen molar-refractivity contribution in [3.05, 3.63) is 42.4 Å². The summed E-state index contributed by atoms with van der Waals surface area (Å²) in [6.45, 7) is 3.60. The number of nitrogens with zero attached hydrogens (tertiary/aromatic N) is 6. The molecule has 1 aromatic carbocycles. The number of hydrogen-bond acceptors (Lipinski definition) is 5. The van der Waals surface area contributed by atoms with Gasteiger partial charge in [0.1, 0.15) is 0 Å². The summed E-state index contributed by atoms with van der Waals surface area (Å²) in [6, 6.07) is 8.17. The van der Waals surface area contributed by atoms with Gasteiger partial charge in [-0.15, -0.1) is 0 Å². The van der Waals surface area contributed by atoms with Gasteiger partial charge in [-0.3, -0.25) is 4.40 Å². The van der Waals surface area contributed by atoms with Gasteiger partial charge in [-0.1, -0.05) is 12.1 Å². The molecule has 4 heterocycles. The molecule has 25 heavy (non-hydrogen) atoms. The Morgan fingerprint density at radius 1 is 0.920 bits per heavy atom. The summed E-state index contributed by atoms with van der Waals surface area (Å²) in [4.78, 5) is 21.1. The second kappa shape index (κ2) is 6.04. The van der Waals surface area contributed by atoms with Crippen LogP contribution in [0.4, 0.5) is 0 Å². The van der Waals surface area contributed by atoms with E-state index in [2.05, 4.69) is 25.3 Å². The molecule has 5 rings (SSSR count). The highest BCUT2D eigenvalue weighted by Crippen LogP contribution is 2.23. The molecule has 1 aliphatic rings. The number of hydrogen-bond donors (Lipinski definition) is 0. The first-order valence-corrected chi connectivity index (χ1v) is 8.99. The Kier molecular flexibility index (Phi) is 3.56. The molecule has 0 aliphatic carbocycles. The number of rotatable bonds is 4. The zero-order valence-corrected chi connectivity index (χ0v) is 14.1. The third-order valence-corrected chi connectivity index (χ3v) is 5.02. The molecule has 1 saturated heterocycles. The maximum absolute atomic E-state index is 4.83. The third-order valence-electron chi connectivity index (χ3n) is 5.02. The summed E-state index contributed by atoms with van der Waals surface area (Å²) in [5.74, 6) is 0. The van der Waals surface area contributed by atoms with Crippen LogP contribution in [-0.2, 0) is 6.42 Å². The largest absolute Gasteiger partial charge is 0.303 e. The Morgan fingerprint density at radius 2 is 1.76 bits per heavy atom.